The van der Waals surface area contributed by atoms with Gasteiger partial charge in [-0.1, -0.05) is 19.8 Å². The minimum atomic E-state index is -0.514. The quantitative estimate of drug-likeness (QED) is 0.470. The molecule has 0 bridgehead atoms. The van der Waals surface area contributed by atoms with Gasteiger partial charge in [-0.3, -0.25) is 9.59 Å². The van der Waals surface area contributed by atoms with Crippen molar-refractivity contribution in [3.63, 3.8) is 0 Å². The zero-order valence-corrected chi connectivity index (χ0v) is 16.2. The number of aromatic nitrogens is 2. The van der Waals surface area contributed by atoms with Gasteiger partial charge in [-0.15, -0.1) is 11.8 Å². The summed E-state index contributed by atoms with van der Waals surface area (Å²) in [6, 6.07) is 3.44. The summed E-state index contributed by atoms with van der Waals surface area (Å²) >= 11 is 2.75. The van der Waals surface area contributed by atoms with Crippen LogP contribution in [-0.4, -0.2) is 56.1 Å². The number of H-pyrrole nitrogens is 1. The molecule has 2 amide bonds. The molecule has 4 N–H and O–H groups in total. The second kappa shape index (κ2) is 8.24. The standard InChI is InChI=1S/C17H22N4O3S2/c1-2-3-4-7-25-16-13(15(18)23)14(26-20-16)11-5-6-12(19-11)17(24)21-8-10(22)9-21/h5-6,10,19,22H,2-4,7-9H2,1H3,(H2,18,23). The van der Waals surface area contributed by atoms with Crippen molar-refractivity contribution < 1.29 is 14.7 Å². The van der Waals surface area contributed by atoms with E-state index in [1.54, 1.807) is 28.8 Å². The van der Waals surface area contributed by atoms with Crippen LogP contribution in [0.25, 0.3) is 10.6 Å². The predicted molar refractivity (Wildman–Crippen MR) is 103 cm³/mol. The highest BCUT2D eigenvalue weighted by molar-refractivity contribution is 7.99. The van der Waals surface area contributed by atoms with Crippen LogP contribution in [0.1, 0.15) is 47.0 Å². The van der Waals surface area contributed by atoms with E-state index in [0.29, 0.717) is 39.9 Å². The van der Waals surface area contributed by atoms with E-state index >= 15 is 0 Å². The van der Waals surface area contributed by atoms with Crippen LogP contribution < -0.4 is 5.73 Å². The molecule has 0 atom stereocenters. The molecule has 140 valence electrons. The van der Waals surface area contributed by atoms with E-state index in [1.807, 2.05) is 0 Å². The number of aliphatic hydroxyl groups is 1. The Bertz CT molecular complexity index is 796. The SMILES string of the molecule is CCCCCSc1nsc(-c2ccc(C(=O)N3CC(O)C3)[nH]2)c1C(N)=O. The van der Waals surface area contributed by atoms with E-state index < -0.39 is 12.0 Å². The van der Waals surface area contributed by atoms with Crippen LogP contribution in [0, 0.1) is 0 Å². The maximum Gasteiger partial charge on any atom is 0.270 e. The summed E-state index contributed by atoms with van der Waals surface area (Å²) < 4.78 is 4.39. The first-order valence-electron chi connectivity index (χ1n) is 8.60. The molecule has 0 aromatic carbocycles. The first-order valence-corrected chi connectivity index (χ1v) is 10.4. The van der Waals surface area contributed by atoms with Gasteiger partial charge in [0.15, 0.2) is 0 Å². The number of likely N-dealkylation sites (tertiary alicyclic amines) is 1. The van der Waals surface area contributed by atoms with Gasteiger partial charge < -0.3 is 20.7 Å². The van der Waals surface area contributed by atoms with Crippen LogP contribution in [0.3, 0.4) is 0 Å². The summed E-state index contributed by atoms with van der Waals surface area (Å²) in [4.78, 5) is 29.6. The fraction of sp³-hybridized carbons (Fsp3) is 0.471. The molecule has 0 spiro atoms. The summed E-state index contributed by atoms with van der Waals surface area (Å²) in [5, 5.41) is 9.99. The van der Waals surface area contributed by atoms with Crippen molar-refractivity contribution in [2.45, 2.75) is 37.3 Å². The van der Waals surface area contributed by atoms with Gasteiger partial charge in [-0.25, -0.2) is 0 Å². The zero-order chi connectivity index (χ0) is 18.7. The topological polar surface area (TPSA) is 112 Å². The number of carbonyl (C=O) groups excluding carboxylic acids is 2. The summed E-state index contributed by atoms with van der Waals surface area (Å²) in [6.45, 7) is 2.84. The van der Waals surface area contributed by atoms with Gasteiger partial charge in [0.1, 0.15) is 10.7 Å². The highest BCUT2D eigenvalue weighted by atomic mass is 32.2. The minimum Gasteiger partial charge on any atom is -0.389 e. The molecule has 2 aromatic heterocycles. The molecule has 1 fully saturated rings. The Morgan fingerprint density at radius 2 is 2.19 bits per heavy atom. The molecule has 0 unspecified atom stereocenters. The summed E-state index contributed by atoms with van der Waals surface area (Å²) in [5.41, 5.74) is 7.08. The van der Waals surface area contributed by atoms with Crippen molar-refractivity contribution in [3.05, 3.63) is 23.4 Å². The summed E-state index contributed by atoms with van der Waals surface area (Å²) in [6.07, 6.45) is 2.90. The summed E-state index contributed by atoms with van der Waals surface area (Å²) in [7, 11) is 0. The van der Waals surface area contributed by atoms with Gasteiger partial charge in [0.05, 0.1) is 22.2 Å². The first kappa shape index (κ1) is 18.9. The Morgan fingerprint density at radius 1 is 1.42 bits per heavy atom. The molecule has 26 heavy (non-hydrogen) atoms. The fourth-order valence-corrected chi connectivity index (χ4v) is 4.79. The van der Waals surface area contributed by atoms with Crippen LogP contribution in [0.4, 0.5) is 0 Å². The smallest absolute Gasteiger partial charge is 0.270 e. The number of amides is 2. The number of hydrogen-bond donors (Lipinski definition) is 3. The van der Waals surface area contributed by atoms with Crippen LogP contribution >= 0.6 is 23.3 Å². The average Bonchev–Trinajstić information content (AvgIpc) is 3.21. The third-order valence-corrected chi connectivity index (χ3v) is 6.26. The maximum absolute atomic E-state index is 12.3. The number of β-amino-alcohol motifs (C(OH)–C–C–N with tert-alkyl or cyclic N) is 1. The van der Waals surface area contributed by atoms with Crippen molar-refractivity contribution in [1.82, 2.24) is 14.3 Å². The lowest BCUT2D eigenvalue weighted by Crippen LogP contribution is -2.53. The monoisotopic (exact) mass is 394 g/mol. The number of primary amides is 1. The first-order chi connectivity index (χ1) is 12.5. The summed E-state index contributed by atoms with van der Waals surface area (Å²) in [5.74, 6) is 0.212. The molecule has 1 aliphatic heterocycles. The van der Waals surface area contributed by atoms with Gasteiger partial charge >= 0.3 is 0 Å². The van der Waals surface area contributed by atoms with Gasteiger partial charge in [0, 0.05) is 13.1 Å². The van der Waals surface area contributed by atoms with Gasteiger partial charge in [-0.2, -0.15) is 4.37 Å². The van der Waals surface area contributed by atoms with Crippen molar-refractivity contribution in [3.8, 4) is 10.6 Å². The molecule has 1 aliphatic rings. The Hall–Kier alpha value is -1.84. The second-order valence-corrected chi connectivity index (χ2v) is 8.12. The largest absolute Gasteiger partial charge is 0.389 e. The number of hydrogen-bond acceptors (Lipinski definition) is 6. The normalized spacial score (nSPS) is 14.5. The Labute approximate surface area is 160 Å². The molecule has 0 saturated carbocycles. The number of nitrogens with two attached hydrogens (primary N) is 1. The van der Waals surface area contributed by atoms with Gasteiger partial charge in [0.25, 0.3) is 11.8 Å². The van der Waals surface area contributed by atoms with E-state index in [4.69, 9.17) is 5.73 Å². The number of thioether (sulfide) groups is 1. The number of aliphatic hydroxyl groups excluding tert-OH is 1. The Morgan fingerprint density at radius 3 is 2.85 bits per heavy atom. The lowest BCUT2D eigenvalue weighted by molar-refractivity contribution is 0.00555. The molecule has 0 radical (unpaired) electrons. The third kappa shape index (κ3) is 3.94. The zero-order valence-electron chi connectivity index (χ0n) is 14.5. The van der Waals surface area contributed by atoms with Crippen molar-refractivity contribution in [2.75, 3.05) is 18.8 Å². The number of nitrogens with one attached hydrogen (secondary N) is 1. The lowest BCUT2D eigenvalue weighted by atomic mass is 10.1. The Balaban J connectivity index is 1.77. The van der Waals surface area contributed by atoms with E-state index in [-0.39, 0.29) is 5.91 Å². The highest BCUT2D eigenvalue weighted by Crippen LogP contribution is 2.35. The molecule has 3 heterocycles. The van der Waals surface area contributed by atoms with Crippen molar-refractivity contribution in [1.29, 1.82) is 0 Å². The van der Waals surface area contributed by atoms with Crippen LogP contribution in [0.15, 0.2) is 17.2 Å². The minimum absolute atomic E-state index is 0.166. The molecule has 0 aliphatic carbocycles. The molecule has 3 rings (SSSR count). The molecule has 2 aromatic rings. The van der Waals surface area contributed by atoms with E-state index in [2.05, 4.69) is 16.3 Å². The van der Waals surface area contributed by atoms with E-state index in [1.165, 1.54) is 11.5 Å². The van der Waals surface area contributed by atoms with Crippen molar-refractivity contribution >= 4 is 35.1 Å². The molecular formula is C17H22N4O3S2. The molecule has 1 saturated heterocycles. The molecule has 7 nitrogen and oxygen atoms in total. The second-order valence-electron chi connectivity index (χ2n) is 6.26. The Kier molecular flexibility index (Phi) is 6.00. The number of aromatic amines is 1. The fourth-order valence-electron chi connectivity index (χ4n) is 2.74. The maximum atomic E-state index is 12.3. The van der Waals surface area contributed by atoms with Gasteiger partial charge in [0.2, 0.25) is 0 Å². The number of rotatable bonds is 8. The highest BCUT2D eigenvalue weighted by Gasteiger charge is 2.30. The third-order valence-electron chi connectivity index (χ3n) is 4.20. The van der Waals surface area contributed by atoms with Crippen molar-refractivity contribution in [2.24, 2.45) is 5.73 Å². The lowest BCUT2D eigenvalue weighted by Gasteiger charge is -2.35. The number of nitrogens with zero attached hydrogens (tertiary/aromatic N) is 2. The van der Waals surface area contributed by atoms with Crippen LogP contribution in [-0.2, 0) is 0 Å². The van der Waals surface area contributed by atoms with E-state index in [9.17, 15) is 14.7 Å². The average molecular weight is 395 g/mol. The number of unbranched alkanes of at least 4 members (excludes halogenated alkanes) is 2. The predicted octanol–water partition coefficient (Wildman–Crippen LogP) is 2.34. The van der Waals surface area contributed by atoms with Gasteiger partial charge in [-0.05, 0) is 35.8 Å². The van der Waals surface area contributed by atoms with Crippen LogP contribution in [0.2, 0.25) is 0 Å². The molecular weight excluding hydrogens is 372 g/mol. The number of carbonyl (C=O) groups is 2. The van der Waals surface area contributed by atoms with Crippen LogP contribution in [0.5, 0.6) is 0 Å². The van der Waals surface area contributed by atoms with E-state index in [0.717, 1.165) is 25.0 Å². The molecule has 9 heteroatoms.